The molecule has 19 heavy (non-hydrogen) atoms. The van der Waals surface area contributed by atoms with Crippen LogP contribution in [-0.2, 0) is 14.3 Å². The van der Waals surface area contributed by atoms with E-state index in [0.717, 1.165) is 0 Å². The second-order valence-corrected chi connectivity index (χ2v) is 5.59. The first-order chi connectivity index (χ1) is 9.06. The van der Waals surface area contributed by atoms with Crippen molar-refractivity contribution in [1.82, 2.24) is 5.32 Å². The number of aliphatic carboxylic acids is 1. The summed E-state index contributed by atoms with van der Waals surface area (Å²) in [4.78, 5) is 23.1. The minimum absolute atomic E-state index is 0.100. The molecule has 0 bridgehead atoms. The number of carboxylic acids is 1. The zero-order valence-corrected chi connectivity index (χ0v) is 10.9. The molecule has 1 aliphatic carbocycles. The highest BCUT2D eigenvalue weighted by Gasteiger charge is 2.39. The van der Waals surface area contributed by atoms with E-state index in [4.69, 9.17) is 9.84 Å². The second kappa shape index (κ2) is 5.88. The number of carbonyl (C=O) groups is 2. The van der Waals surface area contributed by atoms with E-state index < -0.39 is 17.4 Å². The van der Waals surface area contributed by atoms with Crippen molar-refractivity contribution < 1.29 is 24.5 Å². The quantitative estimate of drug-likeness (QED) is 0.676. The summed E-state index contributed by atoms with van der Waals surface area (Å²) >= 11 is 0. The van der Waals surface area contributed by atoms with Crippen molar-refractivity contribution in [2.45, 2.75) is 37.6 Å². The Hall–Kier alpha value is -1.14. The van der Waals surface area contributed by atoms with Crippen LogP contribution in [-0.4, -0.2) is 47.4 Å². The molecule has 0 aromatic rings. The van der Waals surface area contributed by atoms with Gasteiger partial charge < -0.3 is 20.3 Å². The molecular formula is C13H21NO5. The van der Waals surface area contributed by atoms with Crippen molar-refractivity contribution in [1.29, 1.82) is 0 Å². The highest BCUT2D eigenvalue weighted by Crippen LogP contribution is 2.32. The summed E-state index contributed by atoms with van der Waals surface area (Å²) in [5, 5.41) is 21.4. The number of carboxylic acid groups (broad SMARTS) is 1. The zero-order valence-electron chi connectivity index (χ0n) is 10.9. The van der Waals surface area contributed by atoms with Crippen LogP contribution in [0.3, 0.4) is 0 Å². The number of amides is 1. The first-order valence-electron chi connectivity index (χ1n) is 6.80. The molecule has 1 aliphatic heterocycles. The molecule has 108 valence electrons. The number of ether oxygens (including phenoxy) is 1. The van der Waals surface area contributed by atoms with Crippen LogP contribution in [0.1, 0.15) is 32.1 Å². The molecule has 2 rings (SSSR count). The Morgan fingerprint density at radius 3 is 2.37 bits per heavy atom. The highest BCUT2D eigenvalue weighted by atomic mass is 16.5. The van der Waals surface area contributed by atoms with E-state index >= 15 is 0 Å². The topological polar surface area (TPSA) is 95.9 Å². The number of rotatable bonds is 4. The minimum Gasteiger partial charge on any atom is -0.481 e. The number of nitrogens with one attached hydrogen (secondary N) is 1. The normalized spacial score (nSPS) is 29.9. The number of aliphatic hydroxyl groups excluding tert-OH is 1. The summed E-state index contributed by atoms with van der Waals surface area (Å²) in [6, 6.07) is 0. The summed E-state index contributed by atoms with van der Waals surface area (Å²) < 4.78 is 5.24. The monoisotopic (exact) mass is 271 g/mol. The lowest BCUT2D eigenvalue weighted by molar-refractivity contribution is -0.141. The van der Waals surface area contributed by atoms with E-state index in [2.05, 4.69) is 5.32 Å². The maximum absolute atomic E-state index is 12.2. The maximum Gasteiger partial charge on any atom is 0.306 e. The molecule has 1 heterocycles. The summed E-state index contributed by atoms with van der Waals surface area (Å²) in [5.74, 6) is -1.60. The minimum atomic E-state index is -0.821. The molecule has 6 heteroatoms. The van der Waals surface area contributed by atoms with Crippen molar-refractivity contribution in [3.05, 3.63) is 0 Å². The average molecular weight is 271 g/mol. The van der Waals surface area contributed by atoms with Gasteiger partial charge in [0.15, 0.2) is 0 Å². The van der Waals surface area contributed by atoms with Crippen LogP contribution in [0.2, 0.25) is 0 Å². The molecule has 0 unspecified atom stereocenters. The lowest BCUT2D eigenvalue weighted by atomic mass is 9.90. The second-order valence-electron chi connectivity index (χ2n) is 5.59. The molecule has 3 N–H and O–H groups in total. The van der Waals surface area contributed by atoms with Gasteiger partial charge in [0.2, 0.25) is 5.91 Å². The average Bonchev–Trinajstić information content (AvgIpc) is 2.89. The fraction of sp³-hybridized carbons (Fsp3) is 0.846. The first-order valence-corrected chi connectivity index (χ1v) is 6.80. The van der Waals surface area contributed by atoms with Gasteiger partial charge in [-0.2, -0.15) is 0 Å². The van der Waals surface area contributed by atoms with Gasteiger partial charge in [0, 0.05) is 19.1 Å². The zero-order chi connectivity index (χ0) is 13.9. The predicted octanol–water partition coefficient (Wildman–Crippen LogP) is 0.145. The van der Waals surface area contributed by atoms with Gasteiger partial charge in [-0.15, -0.1) is 0 Å². The summed E-state index contributed by atoms with van der Waals surface area (Å²) in [5.41, 5.74) is -0.587. The molecule has 1 amide bonds. The van der Waals surface area contributed by atoms with Crippen LogP contribution >= 0.6 is 0 Å². The van der Waals surface area contributed by atoms with E-state index in [0.29, 0.717) is 45.3 Å². The van der Waals surface area contributed by atoms with Crippen molar-refractivity contribution in [2.75, 3.05) is 19.8 Å². The lowest BCUT2D eigenvalue weighted by Gasteiger charge is -2.37. The van der Waals surface area contributed by atoms with Gasteiger partial charge in [0.25, 0.3) is 0 Å². The van der Waals surface area contributed by atoms with Crippen LogP contribution in [0.15, 0.2) is 0 Å². The van der Waals surface area contributed by atoms with E-state index in [-0.39, 0.29) is 18.4 Å². The van der Waals surface area contributed by atoms with Crippen LogP contribution in [0.4, 0.5) is 0 Å². The first kappa shape index (κ1) is 14.3. The Balaban J connectivity index is 1.91. The molecule has 0 spiro atoms. The maximum atomic E-state index is 12.2. The number of hydrogen-bond donors (Lipinski definition) is 3. The van der Waals surface area contributed by atoms with Gasteiger partial charge in [-0.1, -0.05) is 0 Å². The molecule has 2 atom stereocenters. The SMILES string of the molecule is O=C(O)[C@H]1CC[C@@H](C(=O)NC2(CO)CCOCC2)C1. The van der Waals surface area contributed by atoms with Crippen molar-refractivity contribution in [3.63, 3.8) is 0 Å². The van der Waals surface area contributed by atoms with E-state index in [1.54, 1.807) is 0 Å². The van der Waals surface area contributed by atoms with Crippen molar-refractivity contribution >= 4 is 11.9 Å². The number of aliphatic hydroxyl groups is 1. The number of hydrogen-bond acceptors (Lipinski definition) is 4. The Morgan fingerprint density at radius 2 is 1.84 bits per heavy atom. The molecule has 0 aromatic carbocycles. The third-order valence-electron chi connectivity index (χ3n) is 4.29. The summed E-state index contributed by atoms with van der Waals surface area (Å²) in [6.07, 6.45) is 2.78. The highest BCUT2D eigenvalue weighted by molar-refractivity contribution is 5.81. The van der Waals surface area contributed by atoms with Gasteiger partial charge in [0.1, 0.15) is 0 Å². The van der Waals surface area contributed by atoms with Crippen molar-refractivity contribution in [2.24, 2.45) is 11.8 Å². The van der Waals surface area contributed by atoms with Crippen LogP contribution in [0.25, 0.3) is 0 Å². The van der Waals surface area contributed by atoms with Gasteiger partial charge in [-0.05, 0) is 32.1 Å². The third-order valence-corrected chi connectivity index (χ3v) is 4.29. The fourth-order valence-corrected chi connectivity index (χ4v) is 2.89. The Morgan fingerprint density at radius 1 is 1.21 bits per heavy atom. The van der Waals surface area contributed by atoms with Gasteiger partial charge >= 0.3 is 5.97 Å². The van der Waals surface area contributed by atoms with Gasteiger partial charge in [-0.25, -0.2) is 0 Å². The summed E-state index contributed by atoms with van der Waals surface area (Å²) in [6.45, 7) is 0.962. The molecule has 1 saturated carbocycles. The Bertz CT molecular complexity index is 351. The fourth-order valence-electron chi connectivity index (χ4n) is 2.89. The third kappa shape index (κ3) is 3.25. The largest absolute Gasteiger partial charge is 0.481 e. The molecule has 6 nitrogen and oxygen atoms in total. The van der Waals surface area contributed by atoms with Crippen LogP contribution in [0, 0.1) is 11.8 Å². The molecule has 2 aliphatic rings. The Labute approximate surface area is 112 Å². The molecular weight excluding hydrogens is 250 g/mol. The summed E-state index contributed by atoms with van der Waals surface area (Å²) in [7, 11) is 0. The standard InChI is InChI=1S/C13H21NO5/c15-8-13(3-5-19-6-4-13)14-11(16)9-1-2-10(7-9)12(17)18/h9-10,15H,1-8H2,(H,14,16)(H,17,18)/t9-,10+/m1/s1. The lowest BCUT2D eigenvalue weighted by Crippen LogP contribution is -2.55. The molecule has 2 fully saturated rings. The van der Waals surface area contributed by atoms with Gasteiger partial charge in [-0.3, -0.25) is 9.59 Å². The van der Waals surface area contributed by atoms with Gasteiger partial charge in [0.05, 0.1) is 18.1 Å². The van der Waals surface area contributed by atoms with Crippen LogP contribution < -0.4 is 5.32 Å². The molecule has 1 saturated heterocycles. The molecule has 0 aromatic heterocycles. The van der Waals surface area contributed by atoms with E-state index in [9.17, 15) is 14.7 Å². The van der Waals surface area contributed by atoms with Crippen LogP contribution in [0.5, 0.6) is 0 Å². The molecule has 0 radical (unpaired) electrons. The van der Waals surface area contributed by atoms with Crippen molar-refractivity contribution in [3.8, 4) is 0 Å². The predicted molar refractivity (Wildman–Crippen MR) is 66.5 cm³/mol. The van der Waals surface area contributed by atoms with E-state index in [1.807, 2.05) is 0 Å². The Kier molecular flexibility index (Phi) is 4.42. The van der Waals surface area contributed by atoms with E-state index in [1.165, 1.54) is 0 Å². The number of carbonyl (C=O) groups excluding carboxylic acids is 1. The smallest absolute Gasteiger partial charge is 0.306 e.